The fourth-order valence-corrected chi connectivity index (χ4v) is 4.31. The maximum absolute atomic E-state index is 13.3. The molecule has 0 saturated heterocycles. The van der Waals surface area contributed by atoms with Crippen molar-refractivity contribution in [2.75, 3.05) is 6.54 Å². The molecule has 168 valence electrons. The molecule has 1 aliphatic carbocycles. The van der Waals surface area contributed by atoms with Crippen LogP contribution in [0, 0.1) is 5.82 Å². The fraction of sp³-hybridized carbons (Fsp3) is 0.385. The molecule has 2 heterocycles. The van der Waals surface area contributed by atoms with Gasteiger partial charge in [0.1, 0.15) is 11.6 Å². The van der Waals surface area contributed by atoms with Crippen LogP contribution in [-0.2, 0) is 19.5 Å². The second kappa shape index (κ2) is 11.0. The normalized spacial score (nSPS) is 14.6. The van der Waals surface area contributed by atoms with E-state index in [0.29, 0.717) is 31.3 Å². The topological polar surface area (TPSA) is 58.4 Å². The lowest BCUT2D eigenvalue weighted by Gasteiger charge is -2.34. The first kappa shape index (κ1) is 22.2. The minimum atomic E-state index is -0.220. The third-order valence-corrected chi connectivity index (χ3v) is 6.03. The molecular formula is C26H30FN3O2. The molecule has 1 aromatic carbocycles. The van der Waals surface area contributed by atoms with Gasteiger partial charge in [0.25, 0.3) is 5.91 Å². The Morgan fingerprint density at radius 3 is 2.59 bits per heavy atom. The van der Waals surface area contributed by atoms with Gasteiger partial charge in [-0.05, 0) is 54.8 Å². The molecule has 0 spiro atoms. The molecule has 0 aliphatic heterocycles. The van der Waals surface area contributed by atoms with E-state index in [1.165, 1.54) is 31.4 Å². The molecule has 0 bridgehead atoms. The smallest absolute Gasteiger partial charge is 0.287 e. The van der Waals surface area contributed by atoms with Crippen LogP contribution in [0.3, 0.4) is 0 Å². The van der Waals surface area contributed by atoms with E-state index >= 15 is 0 Å². The number of benzene rings is 1. The summed E-state index contributed by atoms with van der Waals surface area (Å²) in [5.74, 6) is 0.664. The summed E-state index contributed by atoms with van der Waals surface area (Å²) in [5.41, 5.74) is 2.02. The Labute approximate surface area is 188 Å². The van der Waals surface area contributed by atoms with Gasteiger partial charge in [0.05, 0.1) is 6.54 Å². The summed E-state index contributed by atoms with van der Waals surface area (Å²) in [4.78, 5) is 19.1. The van der Waals surface area contributed by atoms with Crippen molar-refractivity contribution in [2.45, 2.75) is 57.7 Å². The number of nitrogens with one attached hydrogen (secondary N) is 1. The van der Waals surface area contributed by atoms with Crippen LogP contribution in [0.4, 0.5) is 4.39 Å². The fourth-order valence-electron chi connectivity index (χ4n) is 4.31. The van der Waals surface area contributed by atoms with Crippen molar-refractivity contribution in [3.8, 4) is 0 Å². The number of halogens is 1. The summed E-state index contributed by atoms with van der Waals surface area (Å²) in [7, 11) is 0. The molecule has 3 aromatic rings. The molecule has 0 unspecified atom stereocenters. The van der Waals surface area contributed by atoms with Gasteiger partial charge in [0.2, 0.25) is 0 Å². The van der Waals surface area contributed by atoms with Gasteiger partial charge in [0, 0.05) is 37.4 Å². The van der Waals surface area contributed by atoms with Crippen molar-refractivity contribution in [1.82, 2.24) is 15.2 Å². The first-order valence-electron chi connectivity index (χ1n) is 11.4. The van der Waals surface area contributed by atoms with Gasteiger partial charge in [-0.1, -0.05) is 37.5 Å². The van der Waals surface area contributed by atoms with E-state index < -0.39 is 0 Å². The van der Waals surface area contributed by atoms with E-state index in [0.717, 1.165) is 36.4 Å². The van der Waals surface area contributed by atoms with Crippen LogP contribution >= 0.6 is 0 Å². The number of hydrogen-bond acceptors (Lipinski definition) is 4. The van der Waals surface area contributed by atoms with E-state index in [1.54, 1.807) is 12.3 Å². The minimum Gasteiger partial charge on any atom is -0.455 e. The highest BCUT2D eigenvalue weighted by molar-refractivity contribution is 5.91. The zero-order valence-electron chi connectivity index (χ0n) is 18.3. The van der Waals surface area contributed by atoms with E-state index in [4.69, 9.17) is 4.42 Å². The summed E-state index contributed by atoms with van der Waals surface area (Å²) in [5, 5.41) is 2.90. The molecule has 1 amide bonds. The van der Waals surface area contributed by atoms with Gasteiger partial charge in [-0.25, -0.2) is 4.39 Å². The Morgan fingerprint density at radius 2 is 1.84 bits per heavy atom. The van der Waals surface area contributed by atoms with Gasteiger partial charge in [-0.15, -0.1) is 0 Å². The molecule has 0 atom stereocenters. The van der Waals surface area contributed by atoms with Crippen molar-refractivity contribution in [1.29, 1.82) is 0 Å². The van der Waals surface area contributed by atoms with Crippen LogP contribution < -0.4 is 5.32 Å². The summed E-state index contributed by atoms with van der Waals surface area (Å²) in [6, 6.07) is 16.5. The number of furan rings is 1. The predicted molar refractivity (Wildman–Crippen MR) is 122 cm³/mol. The number of nitrogens with zero attached hydrogens (tertiary/aromatic N) is 2. The van der Waals surface area contributed by atoms with E-state index in [2.05, 4.69) is 15.2 Å². The summed E-state index contributed by atoms with van der Waals surface area (Å²) < 4.78 is 19.2. The van der Waals surface area contributed by atoms with E-state index in [-0.39, 0.29) is 11.7 Å². The van der Waals surface area contributed by atoms with Crippen LogP contribution in [0.1, 0.15) is 59.7 Å². The molecule has 1 saturated carbocycles. The van der Waals surface area contributed by atoms with Crippen molar-refractivity contribution >= 4 is 5.91 Å². The molecule has 0 radical (unpaired) electrons. The summed E-state index contributed by atoms with van der Waals surface area (Å²) in [6.07, 6.45) is 8.47. The minimum absolute atomic E-state index is 0.213. The Bertz CT molecular complexity index is 982. The molecule has 1 fully saturated rings. The molecule has 1 N–H and O–H groups in total. The molecule has 1 aliphatic rings. The van der Waals surface area contributed by atoms with Crippen LogP contribution in [-0.4, -0.2) is 28.4 Å². The number of amides is 1. The molecule has 2 aromatic heterocycles. The highest BCUT2D eigenvalue weighted by atomic mass is 19.1. The van der Waals surface area contributed by atoms with Gasteiger partial charge in [-0.2, -0.15) is 0 Å². The quantitative estimate of drug-likeness (QED) is 0.507. The number of aromatic nitrogens is 1. The van der Waals surface area contributed by atoms with Gasteiger partial charge >= 0.3 is 0 Å². The average Bonchev–Trinajstić information content (AvgIpc) is 3.30. The lowest BCUT2D eigenvalue weighted by molar-refractivity contribution is 0.0916. The zero-order valence-corrected chi connectivity index (χ0v) is 18.3. The van der Waals surface area contributed by atoms with Gasteiger partial charge in [-0.3, -0.25) is 14.7 Å². The van der Waals surface area contributed by atoms with Crippen molar-refractivity contribution in [3.63, 3.8) is 0 Å². The predicted octanol–water partition coefficient (Wildman–Crippen LogP) is 5.12. The van der Waals surface area contributed by atoms with Gasteiger partial charge in [0.15, 0.2) is 5.76 Å². The average molecular weight is 436 g/mol. The lowest BCUT2D eigenvalue weighted by Crippen LogP contribution is -2.35. The summed E-state index contributed by atoms with van der Waals surface area (Å²) >= 11 is 0. The molecule has 5 nitrogen and oxygen atoms in total. The third-order valence-electron chi connectivity index (χ3n) is 6.03. The van der Waals surface area contributed by atoms with Crippen LogP contribution in [0.5, 0.6) is 0 Å². The maximum Gasteiger partial charge on any atom is 0.287 e. The van der Waals surface area contributed by atoms with E-state index in [9.17, 15) is 9.18 Å². The number of hydrogen-bond donors (Lipinski definition) is 1. The zero-order chi connectivity index (χ0) is 22.2. The highest BCUT2D eigenvalue weighted by Crippen LogP contribution is 2.26. The summed E-state index contributed by atoms with van der Waals surface area (Å²) in [6.45, 7) is 1.87. The highest BCUT2D eigenvalue weighted by Gasteiger charge is 2.23. The van der Waals surface area contributed by atoms with Crippen molar-refractivity contribution < 1.29 is 13.6 Å². The first-order chi connectivity index (χ1) is 15.7. The van der Waals surface area contributed by atoms with Crippen molar-refractivity contribution in [2.24, 2.45) is 0 Å². The van der Waals surface area contributed by atoms with Crippen LogP contribution in [0.2, 0.25) is 0 Å². The molecule has 6 heteroatoms. The Morgan fingerprint density at radius 1 is 1.03 bits per heavy atom. The lowest BCUT2D eigenvalue weighted by atomic mass is 9.93. The third kappa shape index (κ3) is 6.26. The number of carbonyl (C=O) groups is 1. The van der Waals surface area contributed by atoms with E-state index in [1.807, 2.05) is 36.4 Å². The van der Waals surface area contributed by atoms with Crippen LogP contribution in [0.15, 0.2) is 65.2 Å². The number of carbonyl (C=O) groups excluding carboxylic acids is 1. The second-order valence-electron chi connectivity index (χ2n) is 8.42. The SMILES string of the molecule is O=C(NCCc1ccccn1)c1ccc(CN(Cc2ccc(F)cc2)C2CCCCC2)o1. The largest absolute Gasteiger partial charge is 0.455 e. The second-order valence-corrected chi connectivity index (χ2v) is 8.42. The Kier molecular flexibility index (Phi) is 7.67. The first-order valence-corrected chi connectivity index (χ1v) is 11.4. The standard InChI is InChI=1S/C26H30FN3O2/c27-21-11-9-20(10-12-21)18-30(23-7-2-1-3-8-23)19-24-13-14-25(32-24)26(31)29-17-15-22-6-4-5-16-28-22/h4-6,9-14,16,23H,1-3,7-8,15,17-19H2,(H,29,31). The number of pyridine rings is 1. The maximum atomic E-state index is 13.3. The Balaban J connectivity index is 1.36. The van der Waals surface area contributed by atoms with Crippen LogP contribution in [0.25, 0.3) is 0 Å². The molecule has 4 rings (SSSR count). The van der Waals surface area contributed by atoms with Gasteiger partial charge < -0.3 is 9.73 Å². The Hall–Kier alpha value is -2.99. The number of rotatable bonds is 9. The molecular weight excluding hydrogens is 405 g/mol. The monoisotopic (exact) mass is 435 g/mol. The van der Waals surface area contributed by atoms with Crippen molar-refractivity contribution in [3.05, 3.63) is 89.4 Å². The molecule has 32 heavy (non-hydrogen) atoms.